The van der Waals surface area contributed by atoms with Crippen molar-refractivity contribution in [1.29, 1.82) is 0 Å². The summed E-state index contributed by atoms with van der Waals surface area (Å²) in [6.07, 6.45) is 2.10. The van der Waals surface area contributed by atoms with E-state index in [-0.39, 0.29) is 18.3 Å². The monoisotopic (exact) mass is 364 g/mol. The van der Waals surface area contributed by atoms with Crippen LogP contribution in [0.1, 0.15) is 0 Å². The van der Waals surface area contributed by atoms with Crippen molar-refractivity contribution in [2.75, 3.05) is 10.6 Å². The normalized spacial score (nSPS) is 10.4. The molecule has 0 spiro atoms. The molecule has 0 fully saturated rings. The van der Waals surface area contributed by atoms with Gasteiger partial charge in [0.05, 0.1) is 16.4 Å². The summed E-state index contributed by atoms with van der Waals surface area (Å²) in [7, 11) is 2.02. The first-order chi connectivity index (χ1) is 9.70. The van der Waals surface area contributed by atoms with Crippen molar-refractivity contribution < 1.29 is 21.8 Å². The summed E-state index contributed by atoms with van der Waals surface area (Å²) in [5.41, 5.74) is 1.94. The number of benzene rings is 2. The highest BCUT2D eigenvalue weighted by atomic mass is 79.9. The van der Waals surface area contributed by atoms with Crippen molar-refractivity contribution in [3.63, 3.8) is 0 Å². The molecular formula is C16H14BrClN2O. The first-order valence-corrected chi connectivity index (χ1v) is 7.49. The van der Waals surface area contributed by atoms with Gasteiger partial charge in [0.1, 0.15) is 7.05 Å². The molecule has 3 aromatic rings. The van der Waals surface area contributed by atoms with E-state index >= 15 is 0 Å². The van der Waals surface area contributed by atoms with Crippen LogP contribution in [0.3, 0.4) is 0 Å². The fraction of sp³-hybridized carbons (Fsp3) is 0.125. The van der Waals surface area contributed by atoms with Gasteiger partial charge >= 0.3 is 0 Å². The van der Waals surface area contributed by atoms with E-state index < -0.39 is 0 Å². The van der Waals surface area contributed by atoms with Gasteiger partial charge in [-0.15, -0.1) is 0 Å². The molecule has 0 atom stereocenters. The second-order valence-electron chi connectivity index (χ2n) is 4.71. The van der Waals surface area contributed by atoms with E-state index in [0.717, 1.165) is 27.4 Å². The van der Waals surface area contributed by atoms with E-state index in [9.17, 15) is 4.79 Å². The lowest BCUT2D eigenvalue weighted by Gasteiger charge is -2.09. The predicted octanol–water partition coefficient (Wildman–Crippen LogP) is 0.155. The number of aryl methyl sites for hydroxylation is 1. The quantitative estimate of drug-likeness (QED) is 0.392. The van der Waals surface area contributed by atoms with Crippen molar-refractivity contribution in [3.05, 3.63) is 48.7 Å². The number of carbonyl (C=O) groups excluding carboxylic acids is 1. The number of aromatic nitrogens is 1. The smallest absolute Gasteiger partial charge is 0.235 e. The number of fused-ring (bicyclic) bond motifs is 3. The fourth-order valence-corrected chi connectivity index (χ4v) is 2.66. The van der Waals surface area contributed by atoms with Crippen LogP contribution in [0.5, 0.6) is 0 Å². The van der Waals surface area contributed by atoms with Gasteiger partial charge in [0.2, 0.25) is 11.4 Å². The Morgan fingerprint density at radius 1 is 1.19 bits per heavy atom. The molecule has 1 aromatic heterocycles. The molecule has 3 rings (SSSR count). The Morgan fingerprint density at radius 3 is 2.71 bits per heavy atom. The molecule has 0 unspecified atom stereocenters. The molecule has 21 heavy (non-hydrogen) atoms. The van der Waals surface area contributed by atoms with Crippen LogP contribution in [0.15, 0.2) is 48.7 Å². The summed E-state index contributed by atoms with van der Waals surface area (Å²) in [5.74, 6) is -0.0481. The third kappa shape index (κ3) is 2.87. The number of halogens is 2. The van der Waals surface area contributed by atoms with Crippen LogP contribution in [-0.4, -0.2) is 11.2 Å². The molecule has 0 aliphatic heterocycles. The number of anilines is 1. The van der Waals surface area contributed by atoms with E-state index in [0.29, 0.717) is 5.33 Å². The van der Waals surface area contributed by atoms with E-state index in [2.05, 4.69) is 50.2 Å². The van der Waals surface area contributed by atoms with Crippen LogP contribution in [-0.2, 0) is 11.8 Å². The Bertz CT molecular complexity index is 820. The molecule has 108 valence electrons. The maximum atomic E-state index is 11.7. The highest BCUT2D eigenvalue weighted by molar-refractivity contribution is 9.09. The van der Waals surface area contributed by atoms with Gasteiger partial charge in [0.25, 0.3) is 0 Å². The van der Waals surface area contributed by atoms with Gasteiger partial charge in [0.15, 0.2) is 6.20 Å². The molecular weight excluding hydrogens is 352 g/mol. The van der Waals surface area contributed by atoms with Crippen molar-refractivity contribution >= 4 is 49.2 Å². The lowest BCUT2D eigenvalue weighted by molar-refractivity contribution is -0.643. The van der Waals surface area contributed by atoms with Crippen LogP contribution in [0.4, 0.5) is 5.69 Å². The number of carbonyl (C=O) groups is 1. The van der Waals surface area contributed by atoms with Gasteiger partial charge in [0, 0.05) is 16.8 Å². The lowest BCUT2D eigenvalue weighted by Crippen LogP contribution is -3.00. The molecule has 0 radical (unpaired) electrons. The maximum absolute atomic E-state index is 11.7. The second kappa shape index (κ2) is 6.41. The summed E-state index contributed by atoms with van der Waals surface area (Å²) in [4.78, 5) is 11.7. The van der Waals surface area contributed by atoms with Crippen LogP contribution < -0.4 is 22.3 Å². The Kier molecular flexibility index (Phi) is 4.80. The van der Waals surface area contributed by atoms with E-state index in [1.807, 2.05) is 31.3 Å². The third-order valence-corrected chi connectivity index (χ3v) is 3.89. The molecule has 0 saturated heterocycles. The van der Waals surface area contributed by atoms with Gasteiger partial charge in [-0.1, -0.05) is 40.2 Å². The van der Waals surface area contributed by atoms with Gasteiger partial charge in [-0.3, -0.25) is 4.79 Å². The Balaban J connectivity index is 0.00000161. The van der Waals surface area contributed by atoms with E-state index in [4.69, 9.17) is 0 Å². The number of rotatable bonds is 2. The molecule has 2 aromatic carbocycles. The summed E-state index contributed by atoms with van der Waals surface area (Å²) in [6, 6.07) is 14.2. The van der Waals surface area contributed by atoms with Crippen LogP contribution >= 0.6 is 15.9 Å². The highest BCUT2D eigenvalue weighted by Gasteiger charge is 2.14. The molecule has 5 heteroatoms. The Morgan fingerprint density at radius 2 is 1.95 bits per heavy atom. The molecule has 0 bridgehead atoms. The number of nitrogens with one attached hydrogen (secondary N) is 1. The largest absolute Gasteiger partial charge is 1.00 e. The minimum Gasteiger partial charge on any atom is -1.00 e. The van der Waals surface area contributed by atoms with Gasteiger partial charge < -0.3 is 17.7 Å². The number of hydrogen-bond donors (Lipinski definition) is 1. The molecule has 1 heterocycles. The summed E-state index contributed by atoms with van der Waals surface area (Å²) < 4.78 is 2.08. The van der Waals surface area contributed by atoms with Crippen molar-refractivity contribution in [1.82, 2.24) is 0 Å². The van der Waals surface area contributed by atoms with Crippen LogP contribution in [0, 0.1) is 0 Å². The van der Waals surface area contributed by atoms with Crippen LogP contribution in [0.2, 0.25) is 0 Å². The highest BCUT2D eigenvalue weighted by Crippen LogP contribution is 2.28. The number of pyridine rings is 1. The first kappa shape index (κ1) is 15.7. The zero-order chi connectivity index (χ0) is 14.1. The van der Waals surface area contributed by atoms with E-state index in [1.54, 1.807) is 0 Å². The van der Waals surface area contributed by atoms with Crippen molar-refractivity contribution in [3.8, 4) is 0 Å². The van der Waals surface area contributed by atoms with Crippen LogP contribution in [0.25, 0.3) is 21.7 Å². The molecule has 1 N–H and O–H groups in total. The number of nitrogens with zero attached hydrogens (tertiary/aromatic N) is 1. The number of amides is 1. The topological polar surface area (TPSA) is 33.0 Å². The fourth-order valence-electron chi connectivity index (χ4n) is 2.52. The second-order valence-corrected chi connectivity index (χ2v) is 5.27. The Labute approximate surface area is 137 Å². The molecule has 3 nitrogen and oxygen atoms in total. The predicted molar refractivity (Wildman–Crippen MR) is 85.1 cm³/mol. The van der Waals surface area contributed by atoms with Crippen molar-refractivity contribution in [2.24, 2.45) is 7.05 Å². The molecule has 0 aliphatic carbocycles. The maximum Gasteiger partial charge on any atom is 0.235 e. The summed E-state index contributed by atoms with van der Waals surface area (Å²) in [5, 5.41) is 6.62. The van der Waals surface area contributed by atoms with E-state index in [1.165, 1.54) is 0 Å². The van der Waals surface area contributed by atoms with Gasteiger partial charge in [-0.25, -0.2) is 4.57 Å². The van der Waals surface area contributed by atoms with Gasteiger partial charge in [-0.2, -0.15) is 0 Å². The number of alkyl halides is 1. The minimum absolute atomic E-state index is 0. The molecule has 1 amide bonds. The SMILES string of the molecule is C[n+]1cc2ccccc2c2c(NC(=O)CBr)cccc21.[Cl-]. The lowest BCUT2D eigenvalue weighted by atomic mass is 10.0. The van der Waals surface area contributed by atoms with Crippen molar-refractivity contribution in [2.45, 2.75) is 0 Å². The molecule has 0 saturated carbocycles. The molecule has 0 aliphatic rings. The zero-order valence-corrected chi connectivity index (χ0v) is 13.8. The number of hydrogen-bond acceptors (Lipinski definition) is 1. The van der Waals surface area contributed by atoms with Gasteiger partial charge in [-0.05, 0) is 12.1 Å². The summed E-state index contributed by atoms with van der Waals surface area (Å²) in [6.45, 7) is 0. The Hall–Kier alpha value is -1.65. The first-order valence-electron chi connectivity index (χ1n) is 6.36. The standard InChI is InChI=1S/C16H13BrN2O.ClH/c1-19-10-11-5-2-3-6-12(11)16-13(18-15(20)9-17)7-4-8-14(16)19;/h2-8,10H,9H2,1H3;1H. The summed E-state index contributed by atoms with van der Waals surface area (Å²) >= 11 is 3.18. The minimum atomic E-state index is -0.0481. The average molecular weight is 366 g/mol. The average Bonchev–Trinajstić information content (AvgIpc) is 2.47. The third-order valence-electron chi connectivity index (χ3n) is 3.38. The zero-order valence-electron chi connectivity index (χ0n) is 11.4.